The summed E-state index contributed by atoms with van der Waals surface area (Å²) in [7, 11) is 0. The second-order valence-corrected chi connectivity index (χ2v) is 7.75. The van der Waals surface area contributed by atoms with Crippen molar-refractivity contribution < 1.29 is 14.3 Å². The van der Waals surface area contributed by atoms with Crippen LogP contribution in [0.25, 0.3) is 10.9 Å². The molecule has 1 atom stereocenters. The molecule has 2 aromatic carbocycles. The number of nitrogens with zero attached hydrogens (tertiary/aromatic N) is 1. The van der Waals surface area contributed by atoms with Crippen LogP contribution in [0.2, 0.25) is 0 Å². The average Bonchev–Trinajstić information content (AvgIpc) is 3.19. The van der Waals surface area contributed by atoms with Crippen molar-refractivity contribution in [2.75, 3.05) is 13.1 Å². The average molecular weight is 390 g/mol. The van der Waals surface area contributed by atoms with E-state index < -0.39 is 12.1 Å². The molecule has 2 heterocycles. The number of hydrogen-bond acceptors (Lipinski definition) is 3. The molecule has 150 valence electrons. The molecule has 4 rings (SSSR count). The number of carbonyl (C=O) groups excluding carboxylic acids is 2. The van der Waals surface area contributed by atoms with Crippen LogP contribution in [0.15, 0.2) is 60.8 Å². The van der Waals surface area contributed by atoms with Crippen molar-refractivity contribution in [3.05, 3.63) is 71.9 Å². The molecule has 1 aliphatic heterocycles. The smallest absolute Gasteiger partial charge is 0.341 e. The third-order valence-corrected chi connectivity index (χ3v) is 5.73. The highest BCUT2D eigenvalue weighted by molar-refractivity contribution is 6.04. The number of likely N-dealkylation sites (tertiary alicyclic amines) is 1. The number of piperidine rings is 1. The molecule has 0 saturated carbocycles. The number of nitrogens with one attached hydrogen (secondary N) is 1. The minimum Gasteiger partial charge on any atom is -0.449 e. The third-order valence-electron chi connectivity index (χ3n) is 5.73. The van der Waals surface area contributed by atoms with E-state index in [1.54, 1.807) is 13.1 Å². The maximum absolute atomic E-state index is 12.8. The molecule has 1 fully saturated rings. The van der Waals surface area contributed by atoms with Gasteiger partial charge in [-0.1, -0.05) is 48.5 Å². The molecule has 0 spiro atoms. The van der Waals surface area contributed by atoms with E-state index in [4.69, 9.17) is 4.74 Å². The standard InChI is InChI=1S/C24H26N2O3/c1-17(29-24(28)21-16-25-22-10-6-5-9-20(21)22)23(27)26-13-11-19(12-14-26)15-18-7-3-2-4-8-18/h2-10,16-17,19,25H,11-15H2,1H3/t17-/m1/s1. The first-order valence-electron chi connectivity index (χ1n) is 10.2. The van der Waals surface area contributed by atoms with Gasteiger partial charge in [0.25, 0.3) is 5.91 Å². The molecule has 0 bridgehead atoms. The van der Waals surface area contributed by atoms with E-state index in [2.05, 4.69) is 29.2 Å². The molecule has 1 amide bonds. The monoisotopic (exact) mass is 390 g/mol. The lowest BCUT2D eigenvalue weighted by Crippen LogP contribution is -2.44. The predicted molar refractivity (Wildman–Crippen MR) is 113 cm³/mol. The number of fused-ring (bicyclic) bond motifs is 1. The first kappa shape index (κ1) is 19.2. The number of aromatic amines is 1. The van der Waals surface area contributed by atoms with E-state index in [9.17, 15) is 9.59 Å². The number of aromatic nitrogens is 1. The maximum Gasteiger partial charge on any atom is 0.341 e. The summed E-state index contributed by atoms with van der Waals surface area (Å²) < 4.78 is 5.49. The van der Waals surface area contributed by atoms with Crippen LogP contribution in [0.4, 0.5) is 0 Å². The first-order valence-corrected chi connectivity index (χ1v) is 10.2. The summed E-state index contributed by atoms with van der Waals surface area (Å²) in [5.41, 5.74) is 2.68. The Kier molecular flexibility index (Phi) is 5.65. The Labute approximate surface area is 170 Å². The van der Waals surface area contributed by atoms with Crippen LogP contribution in [-0.2, 0) is 16.0 Å². The Hall–Kier alpha value is -3.08. The Bertz CT molecular complexity index is 988. The van der Waals surface area contributed by atoms with E-state index in [-0.39, 0.29) is 5.91 Å². The predicted octanol–water partition coefficient (Wildman–Crippen LogP) is 4.19. The van der Waals surface area contributed by atoms with E-state index in [1.165, 1.54) is 5.56 Å². The number of H-pyrrole nitrogens is 1. The summed E-state index contributed by atoms with van der Waals surface area (Å²) in [6.07, 6.45) is 3.85. The number of carbonyl (C=O) groups is 2. The van der Waals surface area contributed by atoms with Gasteiger partial charge in [-0.05, 0) is 43.7 Å². The number of rotatable bonds is 5. The molecule has 5 heteroatoms. The van der Waals surface area contributed by atoms with Crippen LogP contribution in [0, 0.1) is 5.92 Å². The second-order valence-electron chi connectivity index (χ2n) is 7.75. The fraction of sp³-hybridized carbons (Fsp3) is 0.333. The molecule has 0 radical (unpaired) electrons. The molecule has 1 aliphatic rings. The van der Waals surface area contributed by atoms with Gasteiger partial charge in [0.15, 0.2) is 6.10 Å². The molecule has 0 aliphatic carbocycles. The van der Waals surface area contributed by atoms with Gasteiger partial charge in [-0.2, -0.15) is 0 Å². The van der Waals surface area contributed by atoms with Crippen molar-refractivity contribution in [2.24, 2.45) is 5.92 Å². The number of para-hydroxylation sites is 1. The molecule has 5 nitrogen and oxygen atoms in total. The van der Waals surface area contributed by atoms with Crippen molar-refractivity contribution in [1.29, 1.82) is 0 Å². The SMILES string of the molecule is C[C@@H](OC(=O)c1c[nH]c2ccccc12)C(=O)N1CCC(Cc2ccccc2)CC1. The number of esters is 1. The van der Waals surface area contributed by atoms with Crippen LogP contribution in [0.3, 0.4) is 0 Å². The largest absolute Gasteiger partial charge is 0.449 e. The van der Waals surface area contributed by atoms with Gasteiger partial charge in [0.2, 0.25) is 0 Å². The Balaban J connectivity index is 1.31. The summed E-state index contributed by atoms with van der Waals surface area (Å²) in [5, 5.41) is 0.805. The molecule has 1 saturated heterocycles. The van der Waals surface area contributed by atoms with Crippen LogP contribution in [-0.4, -0.2) is 41.0 Å². The quantitative estimate of drug-likeness (QED) is 0.665. The fourth-order valence-corrected chi connectivity index (χ4v) is 4.08. The molecule has 29 heavy (non-hydrogen) atoms. The van der Waals surface area contributed by atoms with Gasteiger partial charge in [-0.25, -0.2) is 4.79 Å². The van der Waals surface area contributed by atoms with Gasteiger partial charge >= 0.3 is 5.97 Å². The van der Waals surface area contributed by atoms with Gasteiger partial charge in [-0.3, -0.25) is 4.79 Å². The lowest BCUT2D eigenvalue weighted by molar-refractivity contribution is -0.141. The molecular weight excluding hydrogens is 364 g/mol. The number of benzene rings is 2. The van der Waals surface area contributed by atoms with Crippen LogP contribution >= 0.6 is 0 Å². The van der Waals surface area contributed by atoms with Gasteiger partial charge in [0.1, 0.15) is 0 Å². The first-order chi connectivity index (χ1) is 14.1. The summed E-state index contributed by atoms with van der Waals surface area (Å²) in [6, 6.07) is 18.0. The Morgan fingerprint density at radius 3 is 2.52 bits per heavy atom. The highest BCUT2D eigenvalue weighted by Gasteiger charge is 2.28. The molecular formula is C24H26N2O3. The molecule has 3 aromatic rings. The van der Waals surface area contributed by atoms with Crippen molar-refractivity contribution in [3.8, 4) is 0 Å². The van der Waals surface area contributed by atoms with Crippen molar-refractivity contribution in [3.63, 3.8) is 0 Å². The highest BCUT2D eigenvalue weighted by Crippen LogP contribution is 2.23. The van der Waals surface area contributed by atoms with Gasteiger partial charge in [-0.15, -0.1) is 0 Å². The summed E-state index contributed by atoms with van der Waals surface area (Å²) in [5.74, 6) is 0.00384. The van der Waals surface area contributed by atoms with E-state index in [1.807, 2.05) is 35.2 Å². The Morgan fingerprint density at radius 1 is 1.07 bits per heavy atom. The van der Waals surface area contributed by atoms with E-state index in [0.29, 0.717) is 24.6 Å². The minimum atomic E-state index is -0.790. The highest BCUT2D eigenvalue weighted by atomic mass is 16.5. The topological polar surface area (TPSA) is 62.4 Å². The molecule has 1 N–H and O–H groups in total. The van der Waals surface area contributed by atoms with E-state index in [0.717, 1.165) is 30.2 Å². The number of hydrogen-bond donors (Lipinski definition) is 1. The normalized spacial score (nSPS) is 16.0. The van der Waals surface area contributed by atoms with Gasteiger partial charge < -0.3 is 14.6 Å². The summed E-state index contributed by atoms with van der Waals surface area (Å²) >= 11 is 0. The minimum absolute atomic E-state index is 0.114. The Morgan fingerprint density at radius 2 is 1.76 bits per heavy atom. The number of amides is 1. The van der Waals surface area contributed by atoms with Crippen molar-refractivity contribution >= 4 is 22.8 Å². The molecule has 1 aromatic heterocycles. The fourth-order valence-electron chi connectivity index (χ4n) is 4.08. The third kappa shape index (κ3) is 4.34. The van der Waals surface area contributed by atoms with Crippen LogP contribution in [0.5, 0.6) is 0 Å². The lowest BCUT2D eigenvalue weighted by atomic mass is 9.90. The summed E-state index contributed by atoms with van der Waals surface area (Å²) in [4.78, 5) is 30.2. The van der Waals surface area contributed by atoms with E-state index >= 15 is 0 Å². The zero-order chi connectivity index (χ0) is 20.2. The second kappa shape index (κ2) is 8.52. The van der Waals surface area contributed by atoms with Crippen molar-refractivity contribution in [1.82, 2.24) is 9.88 Å². The zero-order valence-electron chi connectivity index (χ0n) is 16.6. The van der Waals surface area contributed by atoms with Crippen LogP contribution in [0.1, 0.15) is 35.7 Å². The van der Waals surface area contributed by atoms with Crippen molar-refractivity contribution in [2.45, 2.75) is 32.3 Å². The van der Waals surface area contributed by atoms with Gasteiger partial charge in [0.05, 0.1) is 5.56 Å². The lowest BCUT2D eigenvalue weighted by Gasteiger charge is -2.33. The van der Waals surface area contributed by atoms with Gasteiger partial charge in [0, 0.05) is 30.2 Å². The maximum atomic E-state index is 12.8. The molecule has 0 unspecified atom stereocenters. The zero-order valence-corrected chi connectivity index (χ0v) is 16.6. The summed E-state index contributed by atoms with van der Waals surface area (Å²) in [6.45, 7) is 3.09. The number of ether oxygens (including phenoxy) is 1. The van der Waals surface area contributed by atoms with Crippen LogP contribution < -0.4 is 0 Å².